The van der Waals surface area contributed by atoms with Crippen LogP contribution < -0.4 is 5.11 Å². The highest BCUT2D eigenvalue weighted by molar-refractivity contribution is 8.16. The molecule has 2 unspecified atom stereocenters. The molecular weight excluding hydrogens is 162 g/mol. The van der Waals surface area contributed by atoms with E-state index in [1.807, 2.05) is 13.8 Å². The fourth-order valence-corrected chi connectivity index (χ4v) is 2.21. The number of nitrogens with zero attached hydrogens (tertiary/aromatic N) is 1. The second-order valence-corrected chi connectivity index (χ2v) is 4.13. The maximum absolute atomic E-state index is 10.5. The standard InChI is InChI=1S/C7H11NO2S/c1-4-5(2)11-6(7(9)10)8(4)3/h4-5H,1-3H3. The number of hydrogen-bond acceptors (Lipinski definition) is 3. The smallest absolute Gasteiger partial charge is 0.258 e. The first-order valence-electron chi connectivity index (χ1n) is 3.52. The van der Waals surface area contributed by atoms with Crippen LogP contribution in [-0.2, 0) is 4.79 Å². The van der Waals surface area contributed by atoms with Crippen molar-refractivity contribution in [3.05, 3.63) is 0 Å². The molecular formula is C7H11NO2S. The van der Waals surface area contributed by atoms with Crippen LogP contribution in [0.1, 0.15) is 13.8 Å². The van der Waals surface area contributed by atoms with E-state index < -0.39 is 5.97 Å². The van der Waals surface area contributed by atoms with Gasteiger partial charge in [-0.25, -0.2) is 4.58 Å². The van der Waals surface area contributed by atoms with E-state index in [0.717, 1.165) is 0 Å². The van der Waals surface area contributed by atoms with Gasteiger partial charge in [-0.3, -0.25) is 0 Å². The van der Waals surface area contributed by atoms with E-state index >= 15 is 0 Å². The zero-order chi connectivity index (χ0) is 8.59. The van der Waals surface area contributed by atoms with Crippen molar-refractivity contribution in [3.8, 4) is 0 Å². The van der Waals surface area contributed by atoms with Crippen LogP contribution in [0.25, 0.3) is 0 Å². The molecule has 0 spiro atoms. The summed E-state index contributed by atoms with van der Waals surface area (Å²) in [7, 11) is 1.78. The van der Waals surface area contributed by atoms with Gasteiger partial charge in [-0.15, -0.1) is 0 Å². The molecule has 0 amide bonds. The summed E-state index contributed by atoms with van der Waals surface area (Å²) in [5, 5.41) is 11.2. The zero-order valence-corrected chi connectivity index (χ0v) is 7.64. The van der Waals surface area contributed by atoms with Gasteiger partial charge >= 0.3 is 0 Å². The Bertz CT molecular complexity index is 224. The first kappa shape index (κ1) is 8.59. The molecule has 0 saturated carbocycles. The molecule has 0 aromatic rings. The van der Waals surface area contributed by atoms with E-state index in [1.54, 1.807) is 11.6 Å². The summed E-state index contributed by atoms with van der Waals surface area (Å²) in [6.45, 7) is 4.02. The Labute approximate surface area is 70.1 Å². The number of hydrogen-bond donors (Lipinski definition) is 0. The van der Waals surface area contributed by atoms with Crippen LogP contribution in [0.2, 0.25) is 0 Å². The second-order valence-electron chi connectivity index (χ2n) is 2.77. The van der Waals surface area contributed by atoms with Crippen molar-refractivity contribution in [3.63, 3.8) is 0 Å². The number of carbonyl (C=O) groups excluding carboxylic acids is 1. The van der Waals surface area contributed by atoms with Crippen LogP contribution in [0.5, 0.6) is 0 Å². The molecule has 0 N–H and O–H groups in total. The zero-order valence-electron chi connectivity index (χ0n) is 6.83. The summed E-state index contributed by atoms with van der Waals surface area (Å²) < 4.78 is 1.75. The number of thioether (sulfide) groups is 1. The van der Waals surface area contributed by atoms with Crippen LogP contribution >= 0.6 is 11.8 Å². The Morgan fingerprint density at radius 2 is 2.18 bits per heavy atom. The van der Waals surface area contributed by atoms with E-state index in [4.69, 9.17) is 0 Å². The average Bonchev–Trinajstić information content (AvgIpc) is 2.17. The Balaban J connectivity index is 2.89. The first-order chi connectivity index (χ1) is 5.04. The van der Waals surface area contributed by atoms with Gasteiger partial charge in [-0.05, 0) is 25.6 Å². The molecule has 1 aliphatic heterocycles. The summed E-state index contributed by atoms with van der Waals surface area (Å²) in [5.41, 5.74) is 0. The average molecular weight is 173 g/mol. The Hall–Kier alpha value is -0.510. The monoisotopic (exact) mass is 173 g/mol. The van der Waals surface area contributed by atoms with E-state index in [2.05, 4.69) is 0 Å². The molecule has 62 valence electrons. The molecule has 0 aliphatic carbocycles. The van der Waals surface area contributed by atoms with Gasteiger partial charge in [0.2, 0.25) is 0 Å². The molecule has 1 heterocycles. The molecule has 4 heteroatoms. The van der Waals surface area contributed by atoms with Gasteiger partial charge in [0.1, 0.15) is 13.0 Å². The van der Waals surface area contributed by atoms with Crippen LogP contribution in [0.4, 0.5) is 0 Å². The van der Waals surface area contributed by atoms with Gasteiger partial charge < -0.3 is 9.90 Å². The lowest BCUT2D eigenvalue weighted by Gasteiger charge is -2.02. The second kappa shape index (κ2) is 2.85. The minimum atomic E-state index is -1.06. The fourth-order valence-electron chi connectivity index (χ4n) is 1.05. The molecule has 2 atom stereocenters. The molecule has 0 aromatic carbocycles. The van der Waals surface area contributed by atoms with Gasteiger partial charge in [0, 0.05) is 0 Å². The van der Waals surface area contributed by atoms with Crippen LogP contribution in [0.15, 0.2) is 0 Å². The third kappa shape index (κ3) is 1.40. The molecule has 0 radical (unpaired) electrons. The van der Waals surface area contributed by atoms with Gasteiger partial charge in [0.15, 0.2) is 6.04 Å². The Kier molecular flexibility index (Phi) is 2.23. The van der Waals surface area contributed by atoms with Gasteiger partial charge in [0.25, 0.3) is 5.04 Å². The Morgan fingerprint density at radius 1 is 1.64 bits per heavy atom. The van der Waals surface area contributed by atoms with Crippen molar-refractivity contribution in [2.75, 3.05) is 7.05 Å². The molecule has 3 nitrogen and oxygen atoms in total. The first-order valence-corrected chi connectivity index (χ1v) is 4.39. The lowest BCUT2D eigenvalue weighted by atomic mass is 10.2. The summed E-state index contributed by atoms with van der Waals surface area (Å²) in [6, 6.07) is 0.285. The van der Waals surface area contributed by atoms with Crippen molar-refractivity contribution in [1.82, 2.24) is 0 Å². The van der Waals surface area contributed by atoms with Crippen LogP contribution in [0, 0.1) is 0 Å². The summed E-state index contributed by atoms with van der Waals surface area (Å²) in [4.78, 5) is 10.5. The lowest BCUT2D eigenvalue weighted by Crippen LogP contribution is -2.34. The number of carboxylic acid groups (broad SMARTS) is 1. The third-order valence-corrected chi connectivity index (χ3v) is 3.53. The fraction of sp³-hybridized carbons (Fsp3) is 0.714. The number of carboxylic acids is 1. The summed E-state index contributed by atoms with van der Waals surface area (Å²) in [6.07, 6.45) is 0. The van der Waals surface area contributed by atoms with Crippen molar-refractivity contribution >= 4 is 22.8 Å². The largest absolute Gasteiger partial charge is 0.539 e. The van der Waals surface area contributed by atoms with E-state index in [1.165, 1.54) is 11.8 Å². The maximum Gasteiger partial charge on any atom is 0.258 e. The quantitative estimate of drug-likeness (QED) is 0.492. The minimum absolute atomic E-state index is 0.285. The SMILES string of the molecule is CC1SC(C(=O)[O-])=[N+](C)C1C. The highest BCUT2D eigenvalue weighted by Gasteiger charge is 2.34. The normalized spacial score (nSPS) is 31.2. The highest BCUT2D eigenvalue weighted by Crippen LogP contribution is 2.24. The van der Waals surface area contributed by atoms with E-state index in [9.17, 15) is 9.90 Å². The Morgan fingerprint density at radius 3 is 2.36 bits per heavy atom. The van der Waals surface area contributed by atoms with Gasteiger partial charge in [0.05, 0.1) is 5.25 Å². The van der Waals surface area contributed by atoms with Crippen molar-refractivity contribution in [2.45, 2.75) is 25.1 Å². The van der Waals surface area contributed by atoms with E-state index in [0.29, 0.717) is 10.3 Å². The summed E-state index contributed by atoms with van der Waals surface area (Å²) >= 11 is 1.37. The third-order valence-electron chi connectivity index (χ3n) is 2.08. The number of aliphatic carboxylic acids is 1. The van der Waals surface area contributed by atoms with Crippen molar-refractivity contribution < 1.29 is 14.5 Å². The molecule has 1 rings (SSSR count). The van der Waals surface area contributed by atoms with Crippen molar-refractivity contribution in [1.29, 1.82) is 0 Å². The topological polar surface area (TPSA) is 43.1 Å². The molecule has 0 bridgehead atoms. The molecule has 0 aromatic heterocycles. The predicted molar refractivity (Wildman–Crippen MR) is 42.7 cm³/mol. The highest BCUT2D eigenvalue weighted by atomic mass is 32.2. The van der Waals surface area contributed by atoms with Gasteiger partial charge in [-0.1, -0.05) is 0 Å². The van der Waals surface area contributed by atoms with Crippen LogP contribution in [0.3, 0.4) is 0 Å². The molecule has 0 fully saturated rings. The lowest BCUT2D eigenvalue weighted by molar-refractivity contribution is -0.527. The number of rotatable bonds is 1. The van der Waals surface area contributed by atoms with Crippen LogP contribution in [-0.4, -0.2) is 33.9 Å². The molecule has 11 heavy (non-hydrogen) atoms. The van der Waals surface area contributed by atoms with E-state index in [-0.39, 0.29) is 6.04 Å². The molecule has 0 saturated heterocycles. The van der Waals surface area contributed by atoms with Crippen molar-refractivity contribution in [2.24, 2.45) is 0 Å². The number of carbonyl (C=O) groups is 1. The van der Waals surface area contributed by atoms with Gasteiger partial charge in [-0.2, -0.15) is 0 Å². The maximum atomic E-state index is 10.5. The predicted octanol–water partition coefficient (Wildman–Crippen LogP) is -0.699. The summed E-state index contributed by atoms with van der Waals surface area (Å²) in [5.74, 6) is -1.06. The minimum Gasteiger partial charge on any atom is -0.539 e. The molecule has 1 aliphatic rings.